The molecule has 1 unspecified atom stereocenters. The van der Waals surface area contributed by atoms with Crippen LogP contribution in [0.5, 0.6) is 5.75 Å². The van der Waals surface area contributed by atoms with Crippen LogP contribution in [0.4, 0.5) is 0 Å². The fourth-order valence-electron chi connectivity index (χ4n) is 1.53. The fraction of sp³-hybridized carbons (Fsp3) is 0.333. The molecule has 0 amide bonds. The summed E-state index contributed by atoms with van der Waals surface area (Å²) in [6.45, 7) is 0.533. The number of benzene rings is 1. The van der Waals surface area contributed by atoms with E-state index in [-0.39, 0.29) is 6.04 Å². The highest BCUT2D eigenvalue weighted by molar-refractivity contribution is 6.44. The van der Waals surface area contributed by atoms with Gasteiger partial charge in [-0.15, -0.1) is 0 Å². The molecular weight excluding hydrogens is 244 g/mol. The number of ether oxygens (including phenoxy) is 1. The lowest BCUT2D eigenvalue weighted by Gasteiger charge is -2.09. The zero-order valence-electron chi connectivity index (χ0n) is 7.40. The summed E-state index contributed by atoms with van der Waals surface area (Å²) in [4.78, 5) is 0. The molecule has 1 heterocycles. The Bertz CT molecular complexity index is 381. The molecule has 0 saturated carbocycles. The van der Waals surface area contributed by atoms with Gasteiger partial charge in [-0.3, -0.25) is 0 Å². The first-order valence-corrected chi connectivity index (χ1v) is 5.26. The third kappa shape index (κ3) is 1.47. The van der Waals surface area contributed by atoms with E-state index in [1.165, 1.54) is 0 Å². The van der Waals surface area contributed by atoms with Gasteiger partial charge in [0.1, 0.15) is 12.4 Å². The van der Waals surface area contributed by atoms with Gasteiger partial charge in [-0.25, -0.2) is 0 Å². The van der Waals surface area contributed by atoms with E-state index < -0.39 is 0 Å². The molecule has 1 aliphatic heterocycles. The predicted molar refractivity (Wildman–Crippen MR) is 58.8 cm³/mol. The molecule has 1 aliphatic rings. The molecule has 2 rings (SSSR count). The van der Waals surface area contributed by atoms with E-state index >= 15 is 0 Å². The van der Waals surface area contributed by atoms with Crippen molar-refractivity contribution in [3.05, 3.63) is 26.7 Å². The van der Waals surface area contributed by atoms with E-state index in [1.54, 1.807) is 6.07 Å². The Labute approximate surface area is 97.1 Å². The Morgan fingerprint density at radius 3 is 2.71 bits per heavy atom. The maximum Gasteiger partial charge on any atom is 0.144 e. The SMILES string of the molecule is CNC1COc2c(Cl)cc(Cl)c(Cl)c21. The monoisotopic (exact) mass is 251 g/mol. The van der Waals surface area contributed by atoms with Gasteiger partial charge in [0.05, 0.1) is 21.1 Å². The number of halogens is 3. The van der Waals surface area contributed by atoms with Gasteiger partial charge in [0, 0.05) is 5.56 Å². The quantitative estimate of drug-likeness (QED) is 0.774. The number of rotatable bonds is 1. The zero-order chi connectivity index (χ0) is 10.3. The van der Waals surface area contributed by atoms with Gasteiger partial charge in [-0.1, -0.05) is 34.8 Å². The van der Waals surface area contributed by atoms with Gasteiger partial charge in [0.25, 0.3) is 0 Å². The van der Waals surface area contributed by atoms with Gasteiger partial charge < -0.3 is 10.1 Å². The summed E-state index contributed by atoms with van der Waals surface area (Å²) in [6.07, 6.45) is 0. The maximum atomic E-state index is 6.07. The number of hydrogen-bond donors (Lipinski definition) is 1. The predicted octanol–water partition coefficient (Wildman–Crippen LogP) is 3.30. The van der Waals surface area contributed by atoms with Crippen molar-refractivity contribution >= 4 is 34.8 Å². The second-order valence-electron chi connectivity index (χ2n) is 3.05. The summed E-state index contributed by atoms with van der Waals surface area (Å²) in [5.74, 6) is 0.639. The second-order valence-corrected chi connectivity index (χ2v) is 4.24. The van der Waals surface area contributed by atoms with Crippen LogP contribution in [-0.4, -0.2) is 13.7 Å². The molecule has 76 valence electrons. The first-order valence-electron chi connectivity index (χ1n) is 4.12. The highest BCUT2D eigenvalue weighted by atomic mass is 35.5. The van der Waals surface area contributed by atoms with Crippen LogP contribution in [0, 0.1) is 0 Å². The van der Waals surface area contributed by atoms with Gasteiger partial charge in [-0.2, -0.15) is 0 Å². The van der Waals surface area contributed by atoms with Crippen LogP contribution in [-0.2, 0) is 0 Å². The van der Waals surface area contributed by atoms with Crippen LogP contribution in [0.15, 0.2) is 6.07 Å². The summed E-state index contributed by atoms with van der Waals surface area (Å²) >= 11 is 18.0. The van der Waals surface area contributed by atoms with Crippen LogP contribution >= 0.6 is 34.8 Å². The Balaban J connectivity index is 2.62. The number of nitrogens with one attached hydrogen (secondary N) is 1. The van der Waals surface area contributed by atoms with Crippen molar-refractivity contribution < 1.29 is 4.74 Å². The number of fused-ring (bicyclic) bond motifs is 1. The normalized spacial score (nSPS) is 19.3. The summed E-state index contributed by atoms with van der Waals surface area (Å²) in [5, 5.41) is 4.57. The average molecular weight is 253 g/mol. The molecule has 1 N–H and O–H groups in total. The first kappa shape index (κ1) is 10.4. The van der Waals surface area contributed by atoms with Crippen LogP contribution in [0.1, 0.15) is 11.6 Å². The lowest BCUT2D eigenvalue weighted by Crippen LogP contribution is -2.17. The zero-order valence-corrected chi connectivity index (χ0v) is 9.67. The van der Waals surface area contributed by atoms with Gasteiger partial charge in [-0.05, 0) is 13.1 Å². The highest BCUT2D eigenvalue weighted by Gasteiger charge is 2.29. The lowest BCUT2D eigenvalue weighted by atomic mass is 10.1. The van der Waals surface area contributed by atoms with Crippen molar-refractivity contribution in [2.45, 2.75) is 6.04 Å². The molecule has 0 saturated heterocycles. The molecule has 5 heteroatoms. The summed E-state index contributed by atoms with van der Waals surface area (Å²) in [6, 6.07) is 1.66. The Kier molecular flexibility index (Phi) is 2.80. The van der Waals surface area contributed by atoms with Crippen LogP contribution in [0.2, 0.25) is 15.1 Å². The smallest absolute Gasteiger partial charge is 0.144 e. The molecule has 0 spiro atoms. The molecule has 0 aliphatic carbocycles. The van der Waals surface area contributed by atoms with E-state index in [0.717, 1.165) is 5.56 Å². The minimum absolute atomic E-state index is 0.0636. The van der Waals surface area contributed by atoms with E-state index in [9.17, 15) is 0 Å². The molecule has 0 bridgehead atoms. The number of likely N-dealkylation sites (N-methyl/N-ethyl adjacent to an activating group) is 1. The molecule has 0 aromatic heterocycles. The van der Waals surface area contributed by atoms with E-state index in [2.05, 4.69) is 5.32 Å². The summed E-state index contributed by atoms with van der Waals surface area (Å²) in [7, 11) is 1.84. The minimum atomic E-state index is 0.0636. The molecule has 1 aromatic rings. The average Bonchev–Trinajstić information content (AvgIpc) is 2.58. The van der Waals surface area contributed by atoms with Crippen molar-refractivity contribution in [2.75, 3.05) is 13.7 Å². The summed E-state index contributed by atoms with van der Waals surface area (Å²) in [5.41, 5.74) is 0.853. The van der Waals surface area contributed by atoms with Crippen molar-refractivity contribution in [1.82, 2.24) is 5.32 Å². The summed E-state index contributed by atoms with van der Waals surface area (Å²) < 4.78 is 5.43. The fourth-order valence-corrected chi connectivity index (χ4v) is 2.34. The Morgan fingerprint density at radius 2 is 2.07 bits per heavy atom. The molecule has 1 aromatic carbocycles. The van der Waals surface area contributed by atoms with E-state index in [0.29, 0.717) is 27.4 Å². The van der Waals surface area contributed by atoms with Crippen molar-refractivity contribution in [2.24, 2.45) is 0 Å². The third-order valence-corrected chi connectivity index (χ3v) is 3.34. The van der Waals surface area contributed by atoms with Crippen molar-refractivity contribution in [3.63, 3.8) is 0 Å². The Morgan fingerprint density at radius 1 is 1.36 bits per heavy atom. The Hall–Kier alpha value is -0.150. The topological polar surface area (TPSA) is 21.3 Å². The minimum Gasteiger partial charge on any atom is -0.490 e. The molecule has 0 radical (unpaired) electrons. The maximum absolute atomic E-state index is 6.07. The van der Waals surface area contributed by atoms with Crippen LogP contribution in [0.3, 0.4) is 0 Å². The van der Waals surface area contributed by atoms with Crippen molar-refractivity contribution in [1.29, 1.82) is 0 Å². The van der Waals surface area contributed by atoms with Crippen molar-refractivity contribution in [3.8, 4) is 5.75 Å². The highest BCUT2D eigenvalue weighted by Crippen LogP contribution is 2.45. The van der Waals surface area contributed by atoms with E-state index in [1.807, 2.05) is 7.05 Å². The standard InChI is InChI=1S/C9H8Cl3NO/c1-13-6-3-14-9-5(11)2-4(10)8(12)7(6)9/h2,6,13H,3H2,1H3. The van der Waals surface area contributed by atoms with Gasteiger partial charge in [0.15, 0.2) is 0 Å². The second kappa shape index (κ2) is 3.78. The molecule has 1 atom stereocenters. The number of hydrogen-bond acceptors (Lipinski definition) is 2. The molecule has 2 nitrogen and oxygen atoms in total. The molecule has 14 heavy (non-hydrogen) atoms. The molecular formula is C9H8Cl3NO. The van der Waals surface area contributed by atoms with Crippen LogP contribution < -0.4 is 10.1 Å². The largest absolute Gasteiger partial charge is 0.490 e. The van der Waals surface area contributed by atoms with Crippen LogP contribution in [0.25, 0.3) is 0 Å². The lowest BCUT2D eigenvalue weighted by molar-refractivity contribution is 0.318. The first-order chi connectivity index (χ1) is 6.65. The molecule has 0 fully saturated rings. The van der Waals surface area contributed by atoms with E-state index in [4.69, 9.17) is 39.5 Å². The van der Waals surface area contributed by atoms with Gasteiger partial charge >= 0.3 is 0 Å². The van der Waals surface area contributed by atoms with Gasteiger partial charge in [0.2, 0.25) is 0 Å². The third-order valence-electron chi connectivity index (χ3n) is 2.25.